The number of nitrogens with one attached hydrogen (secondary N) is 1. The first-order valence-corrected chi connectivity index (χ1v) is 6.23. The van der Waals surface area contributed by atoms with Gasteiger partial charge in [-0.3, -0.25) is 0 Å². The molecule has 0 bridgehead atoms. The molecule has 1 aromatic rings. The number of anilines is 1. The minimum Gasteiger partial charge on any atom is -0.478 e. The molecular formula is C13H18N2O4. The Labute approximate surface area is 111 Å². The summed E-state index contributed by atoms with van der Waals surface area (Å²) in [4.78, 5) is 15.3. The van der Waals surface area contributed by atoms with Crippen molar-refractivity contribution >= 4 is 11.8 Å². The molecule has 2 heterocycles. The largest absolute Gasteiger partial charge is 0.478 e. The summed E-state index contributed by atoms with van der Waals surface area (Å²) in [5, 5.41) is 21.8. The van der Waals surface area contributed by atoms with Gasteiger partial charge in [0.25, 0.3) is 0 Å². The molecular weight excluding hydrogens is 248 g/mol. The van der Waals surface area contributed by atoms with Crippen LogP contribution in [0.5, 0.6) is 0 Å². The second kappa shape index (κ2) is 5.54. The lowest BCUT2D eigenvalue weighted by Crippen LogP contribution is -2.47. The number of carboxylic acids is 1. The van der Waals surface area contributed by atoms with Gasteiger partial charge in [0.15, 0.2) is 0 Å². The molecule has 6 heteroatoms. The van der Waals surface area contributed by atoms with E-state index in [2.05, 4.69) is 10.3 Å². The van der Waals surface area contributed by atoms with Crippen molar-refractivity contribution < 1.29 is 19.7 Å². The fourth-order valence-electron chi connectivity index (χ4n) is 2.21. The van der Waals surface area contributed by atoms with E-state index in [1.165, 1.54) is 12.1 Å². The van der Waals surface area contributed by atoms with Gasteiger partial charge in [-0.2, -0.15) is 0 Å². The smallest absolute Gasteiger partial charge is 0.335 e. The van der Waals surface area contributed by atoms with Gasteiger partial charge >= 0.3 is 5.97 Å². The first kappa shape index (κ1) is 13.8. The number of pyridine rings is 1. The van der Waals surface area contributed by atoms with Gasteiger partial charge in [-0.05, 0) is 31.9 Å². The average Bonchev–Trinajstić information content (AvgIpc) is 2.39. The van der Waals surface area contributed by atoms with Crippen LogP contribution in [0.25, 0.3) is 0 Å². The number of hydrogen-bond acceptors (Lipinski definition) is 5. The topological polar surface area (TPSA) is 91.7 Å². The fraction of sp³-hybridized carbons (Fsp3) is 0.538. The Morgan fingerprint density at radius 2 is 2.16 bits per heavy atom. The van der Waals surface area contributed by atoms with Gasteiger partial charge in [0.2, 0.25) is 0 Å². The molecule has 1 aromatic heterocycles. The molecule has 0 saturated carbocycles. The summed E-state index contributed by atoms with van der Waals surface area (Å²) in [5.41, 5.74) is 0.340. The van der Waals surface area contributed by atoms with Gasteiger partial charge < -0.3 is 20.3 Å². The Hall–Kier alpha value is -1.66. The lowest BCUT2D eigenvalue weighted by atomic mass is 9.91. The Morgan fingerprint density at radius 1 is 1.47 bits per heavy atom. The molecule has 0 radical (unpaired) electrons. The monoisotopic (exact) mass is 266 g/mol. The molecule has 1 aliphatic rings. The first-order valence-electron chi connectivity index (χ1n) is 6.23. The Kier molecular flexibility index (Phi) is 4.01. The fourth-order valence-corrected chi connectivity index (χ4v) is 2.21. The number of nitrogens with zero attached hydrogens (tertiary/aromatic N) is 1. The van der Waals surface area contributed by atoms with E-state index >= 15 is 0 Å². The number of aromatic carboxylic acids is 1. The van der Waals surface area contributed by atoms with Crippen LogP contribution in [0.3, 0.4) is 0 Å². The van der Waals surface area contributed by atoms with Gasteiger partial charge in [-0.25, -0.2) is 9.78 Å². The molecule has 3 N–H and O–H groups in total. The number of carbonyl (C=O) groups is 1. The molecule has 0 aliphatic carbocycles. The van der Waals surface area contributed by atoms with E-state index in [9.17, 15) is 9.90 Å². The van der Waals surface area contributed by atoms with Crippen LogP contribution in [0, 0.1) is 6.92 Å². The van der Waals surface area contributed by atoms with Gasteiger partial charge in [-0.15, -0.1) is 0 Å². The van der Waals surface area contributed by atoms with E-state index in [-0.39, 0.29) is 12.2 Å². The number of aryl methyl sites for hydroxylation is 1. The Balaban J connectivity index is 2.23. The van der Waals surface area contributed by atoms with Crippen molar-refractivity contribution in [2.75, 3.05) is 25.1 Å². The number of carboxylic acid groups (broad SMARTS) is 1. The first-order chi connectivity index (χ1) is 9.04. The van der Waals surface area contributed by atoms with Crippen LogP contribution >= 0.6 is 0 Å². The number of aliphatic hydroxyl groups is 1. The molecule has 2 rings (SSSR count). The van der Waals surface area contributed by atoms with Crippen LogP contribution in [-0.4, -0.2) is 46.5 Å². The molecule has 1 fully saturated rings. The van der Waals surface area contributed by atoms with Crippen LogP contribution in [0.1, 0.15) is 28.9 Å². The van der Waals surface area contributed by atoms with Gasteiger partial charge in [-0.1, -0.05) is 0 Å². The summed E-state index contributed by atoms with van der Waals surface area (Å²) in [5.74, 6) is -0.507. The second-order valence-electron chi connectivity index (χ2n) is 4.86. The van der Waals surface area contributed by atoms with Crippen LogP contribution in [0.2, 0.25) is 0 Å². The molecule has 6 nitrogen and oxygen atoms in total. The van der Waals surface area contributed by atoms with E-state index in [1.807, 2.05) is 0 Å². The van der Waals surface area contributed by atoms with Gasteiger partial charge in [0.05, 0.1) is 17.7 Å². The van der Waals surface area contributed by atoms with Crippen LogP contribution in [0.15, 0.2) is 12.1 Å². The Morgan fingerprint density at radius 3 is 2.74 bits per heavy atom. The average molecular weight is 266 g/mol. The van der Waals surface area contributed by atoms with Crippen LogP contribution < -0.4 is 5.32 Å². The number of rotatable bonds is 4. The highest BCUT2D eigenvalue weighted by Gasteiger charge is 2.32. The van der Waals surface area contributed by atoms with Crippen molar-refractivity contribution in [3.63, 3.8) is 0 Å². The summed E-state index contributed by atoms with van der Waals surface area (Å²) in [7, 11) is 0. The maximum absolute atomic E-state index is 11.0. The van der Waals surface area contributed by atoms with Crippen molar-refractivity contribution in [3.8, 4) is 0 Å². The third-order valence-corrected chi connectivity index (χ3v) is 3.35. The highest BCUT2D eigenvalue weighted by molar-refractivity contribution is 5.88. The van der Waals surface area contributed by atoms with Crippen molar-refractivity contribution in [3.05, 3.63) is 23.4 Å². The summed E-state index contributed by atoms with van der Waals surface area (Å²) >= 11 is 0. The maximum Gasteiger partial charge on any atom is 0.335 e. The van der Waals surface area contributed by atoms with Crippen molar-refractivity contribution in [1.29, 1.82) is 0 Å². The minimum absolute atomic E-state index is 0.0333. The SMILES string of the molecule is Cc1cc(C(=O)O)cc(NC2(CO)CCOCC2)n1. The predicted molar refractivity (Wildman–Crippen MR) is 69.4 cm³/mol. The second-order valence-corrected chi connectivity index (χ2v) is 4.86. The van der Waals surface area contributed by atoms with Gasteiger partial charge in [0, 0.05) is 18.9 Å². The number of aromatic nitrogens is 1. The zero-order chi connectivity index (χ0) is 13.9. The Bertz CT molecular complexity index is 470. The molecule has 0 atom stereocenters. The predicted octanol–water partition coefficient (Wildman–Crippen LogP) is 1.04. The summed E-state index contributed by atoms with van der Waals surface area (Å²) in [6, 6.07) is 3.01. The lowest BCUT2D eigenvalue weighted by Gasteiger charge is -2.36. The van der Waals surface area contributed by atoms with Crippen LogP contribution in [-0.2, 0) is 4.74 Å². The molecule has 0 unspecified atom stereocenters. The molecule has 0 aromatic carbocycles. The van der Waals surface area contributed by atoms with Crippen molar-refractivity contribution in [1.82, 2.24) is 4.98 Å². The molecule has 1 saturated heterocycles. The summed E-state index contributed by atoms with van der Waals surface area (Å²) in [6.45, 7) is 2.86. The van der Waals surface area contributed by atoms with E-state index in [0.29, 0.717) is 37.6 Å². The summed E-state index contributed by atoms with van der Waals surface area (Å²) in [6.07, 6.45) is 1.34. The molecule has 0 amide bonds. The molecule has 0 spiro atoms. The third-order valence-electron chi connectivity index (χ3n) is 3.35. The van der Waals surface area contributed by atoms with Crippen LogP contribution in [0.4, 0.5) is 5.82 Å². The zero-order valence-electron chi connectivity index (χ0n) is 10.8. The zero-order valence-corrected chi connectivity index (χ0v) is 10.8. The highest BCUT2D eigenvalue weighted by atomic mass is 16.5. The normalized spacial score (nSPS) is 18.0. The lowest BCUT2D eigenvalue weighted by molar-refractivity contribution is 0.0378. The quantitative estimate of drug-likeness (QED) is 0.754. The molecule has 104 valence electrons. The molecule has 1 aliphatic heterocycles. The number of hydrogen-bond donors (Lipinski definition) is 3. The van der Waals surface area contributed by atoms with E-state index in [4.69, 9.17) is 9.84 Å². The van der Waals surface area contributed by atoms with Gasteiger partial charge in [0.1, 0.15) is 5.82 Å². The van der Waals surface area contributed by atoms with E-state index < -0.39 is 11.5 Å². The van der Waals surface area contributed by atoms with Crippen molar-refractivity contribution in [2.45, 2.75) is 25.3 Å². The van der Waals surface area contributed by atoms with E-state index in [0.717, 1.165) is 0 Å². The summed E-state index contributed by atoms with van der Waals surface area (Å²) < 4.78 is 5.28. The van der Waals surface area contributed by atoms with E-state index in [1.54, 1.807) is 6.92 Å². The molecule has 19 heavy (non-hydrogen) atoms. The standard InChI is InChI=1S/C13H18N2O4/c1-9-6-10(12(17)18)7-11(14-9)15-13(8-16)2-4-19-5-3-13/h6-7,16H,2-5,8H2,1H3,(H,14,15)(H,17,18). The minimum atomic E-state index is -0.987. The highest BCUT2D eigenvalue weighted by Crippen LogP contribution is 2.25. The number of ether oxygens (including phenoxy) is 1. The third kappa shape index (κ3) is 3.21. The van der Waals surface area contributed by atoms with Crippen molar-refractivity contribution in [2.24, 2.45) is 0 Å². The maximum atomic E-state index is 11.0. The number of aliphatic hydroxyl groups excluding tert-OH is 1.